The molecule has 1 aromatic heterocycles. The van der Waals surface area contributed by atoms with Gasteiger partial charge in [-0.3, -0.25) is 9.59 Å². The molecular weight excluding hydrogens is 346 g/mol. The molecule has 0 saturated heterocycles. The number of aromatic amines is 1. The summed E-state index contributed by atoms with van der Waals surface area (Å²) in [5, 5.41) is 10.0. The van der Waals surface area contributed by atoms with Crippen molar-refractivity contribution >= 4 is 34.0 Å². The van der Waals surface area contributed by atoms with E-state index in [4.69, 9.17) is 21.1 Å². The van der Waals surface area contributed by atoms with Crippen LogP contribution in [0.1, 0.15) is 10.5 Å². The molecule has 128 valence electrons. The minimum atomic E-state index is -0.507. The van der Waals surface area contributed by atoms with Gasteiger partial charge in [0.25, 0.3) is 11.5 Å². The lowest BCUT2D eigenvalue weighted by Crippen LogP contribution is -2.19. The highest BCUT2D eigenvalue weighted by atomic mass is 35.5. The van der Waals surface area contributed by atoms with Crippen LogP contribution in [0.5, 0.6) is 11.5 Å². The Hall–Kier alpha value is -3.06. The number of hydrogen-bond acceptors (Lipinski definition) is 5. The van der Waals surface area contributed by atoms with Gasteiger partial charge in [-0.05, 0) is 12.1 Å². The van der Waals surface area contributed by atoms with Gasteiger partial charge in [-0.2, -0.15) is 5.10 Å². The van der Waals surface area contributed by atoms with Gasteiger partial charge in [-0.1, -0.05) is 29.8 Å². The predicted octanol–water partition coefficient (Wildman–Crippen LogP) is 2.85. The fraction of sp³-hybridized carbons (Fsp3) is 0.118. The fourth-order valence-electron chi connectivity index (χ4n) is 2.43. The van der Waals surface area contributed by atoms with Crippen molar-refractivity contribution in [3.05, 3.63) is 57.5 Å². The Labute approximate surface area is 147 Å². The van der Waals surface area contributed by atoms with Gasteiger partial charge in [0, 0.05) is 11.5 Å². The standard InChI is InChI=1S/C17H14ClN3O4/c1-24-13-8-14(25-2)12(7-11(13)18)19-17(23)15-9-5-3-4-6-10(9)16(22)21-20-15/h3-8H,1-2H3,(H,19,23)(H,21,22). The fourth-order valence-corrected chi connectivity index (χ4v) is 2.67. The average Bonchev–Trinajstić information content (AvgIpc) is 2.62. The third-order valence-electron chi connectivity index (χ3n) is 3.63. The van der Waals surface area contributed by atoms with E-state index in [1.807, 2.05) is 0 Å². The lowest BCUT2D eigenvalue weighted by molar-refractivity contribution is 0.102. The number of carbonyl (C=O) groups excluding carboxylic acids is 1. The molecule has 0 aliphatic heterocycles. The highest BCUT2D eigenvalue weighted by Crippen LogP contribution is 2.36. The normalized spacial score (nSPS) is 10.5. The number of hydrogen-bond donors (Lipinski definition) is 2. The Morgan fingerprint density at radius 3 is 2.48 bits per heavy atom. The molecule has 1 amide bonds. The number of H-pyrrole nitrogens is 1. The Balaban J connectivity index is 2.03. The lowest BCUT2D eigenvalue weighted by atomic mass is 10.1. The Morgan fingerprint density at radius 2 is 1.80 bits per heavy atom. The molecule has 2 aromatic carbocycles. The van der Waals surface area contributed by atoms with E-state index in [9.17, 15) is 9.59 Å². The van der Waals surface area contributed by atoms with Gasteiger partial charge in [-0.25, -0.2) is 5.10 Å². The molecule has 0 aliphatic rings. The zero-order chi connectivity index (χ0) is 18.0. The van der Waals surface area contributed by atoms with Gasteiger partial charge in [0.15, 0.2) is 5.69 Å². The number of halogens is 1. The highest BCUT2D eigenvalue weighted by Gasteiger charge is 2.17. The zero-order valence-electron chi connectivity index (χ0n) is 13.4. The second-order valence-corrected chi connectivity index (χ2v) is 5.50. The number of rotatable bonds is 4. The van der Waals surface area contributed by atoms with Crippen LogP contribution in [0.3, 0.4) is 0 Å². The SMILES string of the molecule is COc1cc(OC)c(NC(=O)c2n[nH]c(=O)c3ccccc23)cc1Cl. The van der Waals surface area contributed by atoms with Gasteiger partial charge in [-0.15, -0.1) is 0 Å². The van der Waals surface area contributed by atoms with E-state index in [1.54, 1.807) is 30.3 Å². The summed E-state index contributed by atoms with van der Waals surface area (Å²) in [6, 6.07) is 9.81. The van der Waals surface area contributed by atoms with Crippen LogP contribution < -0.4 is 20.3 Å². The summed E-state index contributed by atoms with van der Waals surface area (Å²) in [5.41, 5.74) is 0.0804. The van der Waals surface area contributed by atoms with E-state index >= 15 is 0 Å². The van der Waals surface area contributed by atoms with Gasteiger partial charge in [0.2, 0.25) is 0 Å². The molecule has 3 aromatic rings. The molecule has 0 saturated carbocycles. The molecule has 0 aliphatic carbocycles. The van der Waals surface area contributed by atoms with Crippen molar-refractivity contribution in [1.82, 2.24) is 10.2 Å². The lowest BCUT2D eigenvalue weighted by Gasteiger charge is -2.13. The summed E-state index contributed by atoms with van der Waals surface area (Å²) < 4.78 is 10.4. The molecule has 0 fully saturated rings. The van der Waals surface area contributed by atoms with Crippen molar-refractivity contribution in [3.63, 3.8) is 0 Å². The summed E-state index contributed by atoms with van der Waals surface area (Å²) in [5.74, 6) is 0.291. The number of amides is 1. The molecule has 0 atom stereocenters. The van der Waals surface area contributed by atoms with Crippen LogP contribution in [0.15, 0.2) is 41.2 Å². The highest BCUT2D eigenvalue weighted by molar-refractivity contribution is 6.32. The number of nitrogens with one attached hydrogen (secondary N) is 2. The molecule has 3 rings (SSSR count). The summed E-state index contributed by atoms with van der Waals surface area (Å²) >= 11 is 6.11. The first-order valence-electron chi connectivity index (χ1n) is 7.25. The van der Waals surface area contributed by atoms with Crippen LogP contribution in [-0.2, 0) is 0 Å². The first kappa shape index (κ1) is 16.8. The number of anilines is 1. The molecule has 7 nitrogen and oxygen atoms in total. The first-order valence-corrected chi connectivity index (χ1v) is 7.63. The quantitative estimate of drug-likeness (QED) is 0.747. The van der Waals surface area contributed by atoms with Gasteiger partial charge in [0.1, 0.15) is 11.5 Å². The van der Waals surface area contributed by atoms with E-state index < -0.39 is 5.91 Å². The first-order chi connectivity index (χ1) is 12.0. The monoisotopic (exact) mass is 359 g/mol. The van der Waals surface area contributed by atoms with Gasteiger partial charge < -0.3 is 14.8 Å². The number of methoxy groups -OCH3 is 2. The van der Waals surface area contributed by atoms with Crippen LogP contribution in [0.25, 0.3) is 10.8 Å². The van der Waals surface area contributed by atoms with Crippen LogP contribution in [-0.4, -0.2) is 30.3 Å². The Kier molecular flexibility index (Phi) is 4.58. The summed E-state index contributed by atoms with van der Waals surface area (Å²) in [6.45, 7) is 0. The predicted molar refractivity (Wildman–Crippen MR) is 94.9 cm³/mol. The van der Waals surface area contributed by atoms with Gasteiger partial charge in [0.05, 0.1) is 30.3 Å². The Morgan fingerprint density at radius 1 is 1.12 bits per heavy atom. The van der Waals surface area contributed by atoms with Crippen molar-refractivity contribution in [2.24, 2.45) is 0 Å². The third-order valence-corrected chi connectivity index (χ3v) is 3.93. The minimum Gasteiger partial charge on any atom is -0.495 e. The number of ether oxygens (including phenoxy) is 2. The third kappa shape index (κ3) is 3.14. The van der Waals surface area contributed by atoms with E-state index in [0.717, 1.165) is 0 Å². The topological polar surface area (TPSA) is 93.3 Å². The van der Waals surface area contributed by atoms with Crippen molar-refractivity contribution in [1.29, 1.82) is 0 Å². The van der Waals surface area contributed by atoms with Crippen molar-refractivity contribution in [2.75, 3.05) is 19.5 Å². The zero-order valence-corrected chi connectivity index (χ0v) is 14.2. The molecule has 1 heterocycles. The summed E-state index contributed by atoms with van der Waals surface area (Å²) in [4.78, 5) is 24.5. The second kappa shape index (κ2) is 6.82. The second-order valence-electron chi connectivity index (χ2n) is 5.09. The van der Waals surface area contributed by atoms with Crippen LogP contribution in [0.4, 0.5) is 5.69 Å². The number of aromatic nitrogens is 2. The smallest absolute Gasteiger partial charge is 0.276 e. The number of carbonyl (C=O) groups is 1. The molecule has 8 heteroatoms. The molecule has 0 radical (unpaired) electrons. The van der Waals surface area contributed by atoms with E-state index in [1.165, 1.54) is 20.3 Å². The van der Waals surface area contributed by atoms with Gasteiger partial charge >= 0.3 is 0 Å². The maximum Gasteiger partial charge on any atom is 0.276 e. The van der Waals surface area contributed by atoms with E-state index in [2.05, 4.69) is 15.5 Å². The van der Waals surface area contributed by atoms with E-state index in [-0.39, 0.29) is 11.3 Å². The summed E-state index contributed by atoms with van der Waals surface area (Å²) in [7, 11) is 2.95. The molecule has 0 spiro atoms. The largest absolute Gasteiger partial charge is 0.495 e. The van der Waals surface area contributed by atoms with Crippen LogP contribution in [0, 0.1) is 0 Å². The van der Waals surface area contributed by atoms with Crippen LogP contribution in [0.2, 0.25) is 5.02 Å². The average molecular weight is 360 g/mol. The number of nitrogens with zero attached hydrogens (tertiary/aromatic N) is 1. The van der Waals surface area contributed by atoms with Crippen molar-refractivity contribution < 1.29 is 14.3 Å². The molecule has 0 bridgehead atoms. The van der Waals surface area contributed by atoms with Crippen molar-refractivity contribution in [2.45, 2.75) is 0 Å². The molecule has 2 N–H and O–H groups in total. The van der Waals surface area contributed by atoms with E-state index in [0.29, 0.717) is 33.0 Å². The molecule has 25 heavy (non-hydrogen) atoms. The van der Waals surface area contributed by atoms with Crippen molar-refractivity contribution in [3.8, 4) is 11.5 Å². The number of benzene rings is 2. The molecular formula is C17H14ClN3O4. The molecule has 0 unspecified atom stereocenters. The summed E-state index contributed by atoms with van der Waals surface area (Å²) in [6.07, 6.45) is 0. The minimum absolute atomic E-state index is 0.0872. The van der Waals surface area contributed by atoms with Crippen LogP contribution >= 0.6 is 11.6 Å². The number of fused-ring (bicyclic) bond motifs is 1. The maximum atomic E-state index is 12.6. The maximum absolute atomic E-state index is 12.6. The Bertz CT molecular complexity index is 1020.